The Morgan fingerprint density at radius 2 is 2.44 bits per heavy atom. The fourth-order valence-corrected chi connectivity index (χ4v) is 2.48. The van der Waals surface area contributed by atoms with Gasteiger partial charge in [-0.25, -0.2) is 0 Å². The van der Waals surface area contributed by atoms with E-state index in [-0.39, 0.29) is 10.9 Å². The Bertz CT molecular complexity index is 345. The largest absolute Gasteiger partial charge is 0.376 e. The highest BCUT2D eigenvalue weighted by molar-refractivity contribution is 9.09. The smallest absolute Gasteiger partial charge is 0.0937 e. The minimum Gasteiger partial charge on any atom is -0.376 e. The van der Waals surface area contributed by atoms with Gasteiger partial charge in [0.2, 0.25) is 0 Å². The normalized spacial score (nSPS) is 23.0. The minimum atomic E-state index is 0.0954. The maximum Gasteiger partial charge on any atom is 0.0937 e. The van der Waals surface area contributed by atoms with Crippen LogP contribution in [0.25, 0.3) is 0 Å². The molecule has 1 aliphatic heterocycles. The monoisotopic (exact) mass is 305 g/mol. The molecule has 2 unspecified atom stereocenters. The van der Waals surface area contributed by atoms with Crippen LogP contribution in [0.3, 0.4) is 0 Å². The molecule has 16 heavy (non-hydrogen) atoms. The Morgan fingerprint density at radius 3 is 3.12 bits per heavy atom. The van der Waals surface area contributed by atoms with Gasteiger partial charge in [-0.05, 0) is 18.1 Å². The van der Waals surface area contributed by atoms with Gasteiger partial charge in [-0.1, -0.05) is 27.5 Å². The molecular weight excluding hydrogens is 293 g/mol. The second kappa shape index (κ2) is 5.96. The Labute approximate surface area is 108 Å². The highest BCUT2D eigenvalue weighted by Crippen LogP contribution is 2.22. The van der Waals surface area contributed by atoms with Crippen molar-refractivity contribution in [2.24, 2.45) is 0 Å². The van der Waals surface area contributed by atoms with Crippen LogP contribution in [-0.4, -0.2) is 35.7 Å². The molecule has 5 heteroatoms. The van der Waals surface area contributed by atoms with E-state index >= 15 is 0 Å². The number of hydrogen-bond donors (Lipinski definition) is 0. The molecule has 0 radical (unpaired) electrons. The Kier molecular flexibility index (Phi) is 4.58. The topological polar surface area (TPSA) is 31.4 Å². The van der Waals surface area contributed by atoms with Gasteiger partial charge in [0.15, 0.2) is 0 Å². The molecule has 2 atom stereocenters. The number of nitrogens with zero attached hydrogens (tertiary/aromatic N) is 1. The number of pyridine rings is 1. The first-order valence-corrected chi connectivity index (χ1v) is 6.48. The van der Waals surface area contributed by atoms with Gasteiger partial charge in [0, 0.05) is 17.2 Å². The summed E-state index contributed by atoms with van der Waals surface area (Å²) in [6.45, 7) is 1.99. The summed E-state index contributed by atoms with van der Waals surface area (Å²) in [5, 5.41) is 0.698. The quantitative estimate of drug-likeness (QED) is 0.804. The SMILES string of the molecule is Clc1cnccc1CC(Br)C1COCCO1. The van der Waals surface area contributed by atoms with E-state index in [1.54, 1.807) is 12.4 Å². The molecule has 2 rings (SSSR count). The van der Waals surface area contributed by atoms with Crippen LogP contribution in [0.15, 0.2) is 18.5 Å². The second-order valence-corrected chi connectivity index (χ2v) is 5.25. The zero-order valence-electron chi connectivity index (χ0n) is 8.73. The number of alkyl halides is 1. The summed E-state index contributed by atoms with van der Waals surface area (Å²) in [7, 11) is 0. The van der Waals surface area contributed by atoms with Crippen LogP contribution in [0, 0.1) is 0 Å². The molecule has 0 aliphatic carbocycles. The van der Waals surface area contributed by atoms with Gasteiger partial charge < -0.3 is 9.47 Å². The van der Waals surface area contributed by atoms with Gasteiger partial charge >= 0.3 is 0 Å². The lowest BCUT2D eigenvalue weighted by Gasteiger charge is -2.27. The van der Waals surface area contributed by atoms with Crippen molar-refractivity contribution in [3.8, 4) is 0 Å². The Morgan fingerprint density at radius 1 is 1.56 bits per heavy atom. The van der Waals surface area contributed by atoms with Crippen molar-refractivity contribution in [1.29, 1.82) is 0 Å². The average Bonchev–Trinajstić information content (AvgIpc) is 2.33. The van der Waals surface area contributed by atoms with E-state index < -0.39 is 0 Å². The predicted molar refractivity (Wildman–Crippen MR) is 66.2 cm³/mol. The summed E-state index contributed by atoms with van der Waals surface area (Å²) in [5.74, 6) is 0. The van der Waals surface area contributed by atoms with Crippen LogP contribution in [0.1, 0.15) is 5.56 Å². The molecule has 1 aromatic heterocycles. The number of halogens is 2. The van der Waals surface area contributed by atoms with Crippen molar-refractivity contribution in [2.45, 2.75) is 17.4 Å². The molecule has 0 saturated carbocycles. The fraction of sp³-hybridized carbons (Fsp3) is 0.545. The zero-order valence-corrected chi connectivity index (χ0v) is 11.1. The van der Waals surface area contributed by atoms with Crippen LogP contribution in [0.5, 0.6) is 0 Å². The maximum absolute atomic E-state index is 6.05. The lowest BCUT2D eigenvalue weighted by atomic mass is 10.1. The highest BCUT2D eigenvalue weighted by atomic mass is 79.9. The van der Waals surface area contributed by atoms with E-state index in [1.165, 1.54) is 0 Å². The van der Waals surface area contributed by atoms with Crippen molar-refractivity contribution in [3.05, 3.63) is 29.0 Å². The van der Waals surface area contributed by atoms with Crippen LogP contribution < -0.4 is 0 Å². The molecular formula is C11H13BrClNO2. The van der Waals surface area contributed by atoms with E-state index in [9.17, 15) is 0 Å². The summed E-state index contributed by atoms with van der Waals surface area (Å²) < 4.78 is 11.0. The third kappa shape index (κ3) is 3.17. The van der Waals surface area contributed by atoms with Crippen LogP contribution in [-0.2, 0) is 15.9 Å². The van der Waals surface area contributed by atoms with Gasteiger partial charge in [0.25, 0.3) is 0 Å². The average molecular weight is 307 g/mol. The molecule has 2 heterocycles. The van der Waals surface area contributed by atoms with E-state index in [1.807, 2.05) is 6.07 Å². The molecule has 0 bridgehead atoms. The van der Waals surface area contributed by atoms with Gasteiger partial charge in [0.1, 0.15) is 0 Å². The zero-order chi connectivity index (χ0) is 11.4. The lowest BCUT2D eigenvalue weighted by Crippen LogP contribution is -2.36. The summed E-state index contributed by atoms with van der Waals surface area (Å²) in [6.07, 6.45) is 4.32. The predicted octanol–water partition coefficient (Wildman–Crippen LogP) is 2.46. The molecule has 3 nitrogen and oxygen atoms in total. The summed E-state index contributed by atoms with van der Waals surface area (Å²) in [6, 6.07) is 1.93. The standard InChI is InChI=1S/C11H13BrClNO2/c12-9(11-7-15-3-4-16-11)5-8-1-2-14-6-10(8)13/h1-2,6,9,11H,3-5,7H2. The van der Waals surface area contributed by atoms with Gasteiger partial charge in [-0.15, -0.1) is 0 Å². The third-order valence-corrected chi connectivity index (χ3v) is 3.77. The minimum absolute atomic E-state index is 0.0954. The van der Waals surface area contributed by atoms with Crippen molar-refractivity contribution < 1.29 is 9.47 Å². The molecule has 0 spiro atoms. The molecule has 0 aromatic carbocycles. The second-order valence-electron chi connectivity index (χ2n) is 3.67. The van der Waals surface area contributed by atoms with Crippen molar-refractivity contribution in [3.63, 3.8) is 0 Å². The molecule has 0 amide bonds. The van der Waals surface area contributed by atoms with Crippen LogP contribution in [0.2, 0.25) is 5.02 Å². The summed E-state index contributed by atoms with van der Waals surface area (Å²) in [4.78, 5) is 4.18. The number of rotatable bonds is 3. The van der Waals surface area contributed by atoms with Crippen molar-refractivity contribution >= 4 is 27.5 Å². The number of hydrogen-bond acceptors (Lipinski definition) is 3. The Hall–Kier alpha value is -0.160. The third-order valence-electron chi connectivity index (χ3n) is 2.52. The highest BCUT2D eigenvalue weighted by Gasteiger charge is 2.23. The first-order chi connectivity index (χ1) is 7.77. The summed E-state index contributed by atoms with van der Waals surface area (Å²) >= 11 is 9.68. The molecule has 88 valence electrons. The molecule has 0 N–H and O–H groups in total. The van der Waals surface area contributed by atoms with Crippen LogP contribution >= 0.6 is 27.5 Å². The molecule has 1 aliphatic rings. The van der Waals surface area contributed by atoms with Crippen molar-refractivity contribution in [2.75, 3.05) is 19.8 Å². The van der Waals surface area contributed by atoms with Gasteiger partial charge in [-0.3, -0.25) is 4.98 Å². The Balaban J connectivity index is 1.96. The van der Waals surface area contributed by atoms with E-state index in [0.29, 0.717) is 24.8 Å². The number of aromatic nitrogens is 1. The summed E-state index contributed by atoms with van der Waals surface area (Å²) in [5.41, 5.74) is 1.08. The molecule has 1 fully saturated rings. The maximum atomic E-state index is 6.05. The van der Waals surface area contributed by atoms with E-state index in [4.69, 9.17) is 21.1 Å². The molecule has 1 saturated heterocycles. The fourth-order valence-electron chi connectivity index (χ4n) is 1.63. The number of ether oxygens (including phenoxy) is 2. The first-order valence-electron chi connectivity index (χ1n) is 5.19. The van der Waals surface area contributed by atoms with Crippen LogP contribution in [0.4, 0.5) is 0 Å². The first kappa shape index (κ1) is 12.3. The van der Waals surface area contributed by atoms with Gasteiger partial charge in [0.05, 0.1) is 30.9 Å². The lowest BCUT2D eigenvalue weighted by molar-refractivity contribution is -0.0871. The van der Waals surface area contributed by atoms with Gasteiger partial charge in [-0.2, -0.15) is 0 Å². The van der Waals surface area contributed by atoms with Crippen molar-refractivity contribution in [1.82, 2.24) is 4.98 Å². The van der Waals surface area contributed by atoms with E-state index in [0.717, 1.165) is 12.0 Å². The molecule has 1 aromatic rings. The van der Waals surface area contributed by atoms with E-state index in [2.05, 4.69) is 20.9 Å².